The molecular weight excluding hydrogens is 415 g/mol. The summed E-state index contributed by atoms with van der Waals surface area (Å²) >= 11 is 13.1. The molecule has 21 heavy (non-hydrogen) atoms. The van der Waals surface area contributed by atoms with Crippen molar-refractivity contribution in [2.45, 2.75) is 13.3 Å². The third-order valence-electron chi connectivity index (χ3n) is 3.42. The lowest BCUT2D eigenvalue weighted by molar-refractivity contribution is 0.909. The first-order chi connectivity index (χ1) is 10.1. The fourth-order valence-electron chi connectivity index (χ4n) is 2.47. The van der Waals surface area contributed by atoms with Crippen LogP contribution in [0.3, 0.4) is 0 Å². The van der Waals surface area contributed by atoms with Gasteiger partial charge in [0, 0.05) is 21.2 Å². The minimum atomic E-state index is 0.550. The van der Waals surface area contributed by atoms with Crippen molar-refractivity contribution < 1.29 is 0 Å². The molecule has 5 heteroatoms. The maximum Gasteiger partial charge on any atom is 0.115 e. The Kier molecular flexibility index (Phi) is 4.38. The maximum atomic E-state index is 5.96. The zero-order chi connectivity index (χ0) is 15.0. The van der Waals surface area contributed by atoms with Crippen LogP contribution in [0.15, 0.2) is 45.3 Å². The second-order valence-corrected chi connectivity index (χ2v) is 6.99. The van der Waals surface area contributed by atoms with Crippen molar-refractivity contribution in [2.75, 3.05) is 5.88 Å². The molecule has 0 aliphatic rings. The largest absolute Gasteiger partial charge is 0.295 e. The second-order valence-electron chi connectivity index (χ2n) is 4.84. The van der Waals surface area contributed by atoms with Crippen molar-refractivity contribution >= 4 is 54.5 Å². The summed E-state index contributed by atoms with van der Waals surface area (Å²) in [5.41, 5.74) is 4.38. The number of hydrogen-bond donors (Lipinski definition) is 0. The standard InChI is InChI=1S/C16H13Br2ClN2/c1-10-3-2-4-13-16(10)20-15(7-8-19)21(13)14-9-11(17)5-6-12(14)18/h2-6,9H,7-8H2,1H3. The zero-order valence-corrected chi connectivity index (χ0v) is 15.3. The topological polar surface area (TPSA) is 17.8 Å². The molecule has 0 spiro atoms. The van der Waals surface area contributed by atoms with Gasteiger partial charge in [0.25, 0.3) is 0 Å². The molecule has 3 aromatic rings. The van der Waals surface area contributed by atoms with Crippen LogP contribution in [0.1, 0.15) is 11.4 Å². The van der Waals surface area contributed by atoms with Gasteiger partial charge in [-0.1, -0.05) is 28.1 Å². The highest BCUT2D eigenvalue weighted by atomic mass is 79.9. The van der Waals surface area contributed by atoms with E-state index in [0.717, 1.165) is 37.9 Å². The van der Waals surface area contributed by atoms with Crippen LogP contribution in [-0.2, 0) is 6.42 Å². The van der Waals surface area contributed by atoms with Gasteiger partial charge in [0.2, 0.25) is 0 Å². The summed E-state index contributed by atoms with van der Waals surface area (Å²) in [5.74, 6) is 1.53. The number of para-hydroxylation sites is 1. The van der Waals surface area contributed by atoms with Crippen molar-refractivity contribution in [2.24, 2.45) is 0 Å². The summed E-state index contributed by atoms with van der Waals surface area (Å²) in [5, 5.41) is 0. The summed E-state index contributed by atoms with van der Waals surface area (Å²) in [6.45, 7) is 2.08. The Balaban J connectivity index is 2.36. The van der Waals surface area contributed by atoms with Gasteiger partial charge >= 0.3 is 0 Å². The normalized spacial score (nSPS) is 11.2. The van der Waals surface area contributed by atoms with E-state index in [-0.39, 0.29) is 0 Å². The number of rotatable bonds is 3. The minimum Gasteiger partial charge on any atom is -0.295 e. The van der Waals surface area contributed by atoms with E-state index in [1.165, 1.54) is 5.56 Å². The van der Waals surface area contributed by atoms with Gasteiger partial charge < -0.3 is 0 Å². The molecule has 0 aliphatic heterocycles. The summed E-state index contributed by atoms with van der Waals surface area (Å²) in [4.78, 5) is 4.79. The minimum absolute atomic E-state index is 0.550. The van der Waals surface area contributed by atoms with Crippen LogP contribution in [-0.4, -0.2) is 15.4 Å². The lowest BCUT2D eigenvalue weighted by Gasteiger charge is -2.11. The van der Waals surface area contributed by atoms with Crippen LogP contribution < -0.4 is 0 Å². The van der Waals surface area contributed by atoms with Crippen molar-refractivity contribution in [3.05, 3.63) is 56.7 Å². The SMILES string of the molecule is Cc1cccc2c1nc(CCCl)n2-c1cc(Br)ccc1Br. The van der Waals surface area contributed by atoms with E-state index in [0.29, 0.717) is 5.88 Å². The molecule has 0 amide bonds. The lowest BCUT2D eigenvalue weighted by atomic mass is 10.2. The summed E-state index contributed by atoms with van der Waals surface area (Å²) in [6.07, 6.45) is 0.731. The van der Waals surface area contributed by atoms with E-state index in [1.807, 2.05) is 12.1 Å². The average Bonchev–Trinajstić information content (AvgIpc) is 2.82. The number of hydrogen-bond acceptors (Lipinski definition) is 1. The highest BCUT2D eigenvalue weighted by molar-refractivity contribution is 9.11. The van der Waals surface area contributed by atoms with Crippen molar-refractivity contribution in [3.8, 4) is 5.69 Å². The van der Waals surface area contributed by atoms with Crippen molar-refractivity contribution in [1.82, 2.24) is 9.55 Å². The predicted octanol–water partition coefficient (Wildman–Crippen LogP) is 5.64. The van der Waals surface area contributed by atoms with Gasteiger partial charge in [0.1, 0.15) is 5.82 Å². The molecule has 0 saturated heterocycles. The molecule has 1 aromatic heterocycles. The van der Waals surface area contributed by atoms with Crippen LogP contribution in [0.4, 0.5) is 0 Å². The number of aryl methyl sites for hydroxylation is 2. The lowest BCUT2D eigenvalue weighted by Crippen LogP contribution is -2.03. The van der Waals surface area contributed by atoms with Gasteiger partial charge in [-0.3, -0.25) is 4.57 Å². The molecule has 3 rings (SSSR count). The van der Waals surface area contributed by atoms with Gasteiger partial charge in [0.05, 0.1) is 16.7 Å². The third-order valence-corrected chi connectivity index (χ3v) is 4.78. The highest BCUT2D eigenvalue weighted by Crippen LogP contribution is 2.30. The molecule has 2 nitrogen and oxygen atoms in total. The first-order valence-electron chi connectivity index (χ1n) is 6.60. The summed E-state index contributed by atoms with van der Waals surface area (Å²) < 4.78 is 4.24. The number of halogens is 3. The van der Waals surface area contributed by atoms with Crippen molar-refractivity contribution in [1.29, 1.82) is 0 Å². The Morgan fingerprint density at radius 2 is 2.00 bits per heavy atom. The van der Waals surface area contributed by atoms with E-state index >= 15 is 0 Å². The van der Waals surface area contributed by atoms with Crippen LogP contribution >= 0.6 is 43.5 Å². The van der Waals surface area contributed by atoms with E-state index in [9.17, 15) is 0 Å². The van der Waals surface area contributed by atoms with Crippen LogP contribution in [0.2, 0.25) is 0 Å². The first-order valence-corrected chi connectivity index (χ1v) is 8.72. The number of benzene rings is 2. The molecule has 0 bridgehead atoms. The molecule has 0 fully saturated rings. The number of fused-ring (bicyclic) bond motifs is 1. The van der Waals surface area contributed by atoms with E-state index in [4.69, 9.17) is 16.6 Å². The quantitative estimate of drug-likeness (QED) is 0.494. The van der Waals surface area contributed by atoms with Gasteiger partial charge in [-0.25, -0.2) is 4.98 Å². The Hall–Kier alpha value is -0.840. The fourth-order valence-corrected chi connectivity index (χ4v) is 3.41. The molecule has 0 radical (unpaired) electrons. The summed E-state index contributed by atoms with van der Waals surface area (Å²) in [6, 6.07) is 12.4. The van der Waals surface area contributed by atoms with E-state index in [2.05, 4.69) is 67.6 Å². The Bertz CT molecular complexity index is 811. The van der Waals surface area contributed by atoms with Crippen LogP contribution in [0, 0.1) is 6.92 Å². The first kappa shape index (κ1) is 15.1. The third kappa shape index (κ3) is 2.77. The number of nitrogens with zero attached hydrogens (tertiary/aromatic N) is 2. The number of aromatic nitrogens is 2. The number of alkyl halides is 1. The zero-order valence-electron chi connectivity index (χ0n) is 11.4. The molecule has 0 N–H and O–H groups in total. The molecule has 1 heterocycles. The van der Waals surface area contributed by atoms with Gasteiger partial charge in [-0.05, 0) is 52.7 Å². The Morgan fingerprint density at radius 3 is 2.76 bits per heavy atom. The fraction of sp³-hybridized carbons (Fsp3) is 0.188. The van der Waals surface area contributed by atoms with E-state index in [1.54, 1.807) is 0 Å². The van der Waals surface area contributed by atoms with E-state index < -0.39 is 0 Å². The van der Waals surface area contributed by atoms with Crippen molar-refractivity contribution in [3.63, 3.8) is 0 Å². The molecule has 0 unspecified atom stereocenters. The number of imidazole rings is 1. The average molecular weight is 429 g/mol. The monoisotopic (exact) mass is 426 g/mol. The molecular formula is C16H13Br2ClN2. The molecule has 0 atom stereocenters. The molecule has 108 valence electrons. The predicted molar refractivity (Wildman–Crippen MR) is 95.6 cm³/mol. The molecule has 0 aliphatic carbocycles. The second kappa shape index (κ2) is 6.11. The van der Waals surface area contributed by atoms with Gasteiger partial charge in [-0.2, -0.15) is 0 Å². The van der Waals surface area contributed by atoms with Crippen LogP contribution in [0.5, 0.6) is 0 Å². The van der Waals surface area contributed by atoms with Gasteiger partial charge in [-0.15, -0.1) is 11.6 Å². The smallest absolute Gasteiger partial charge is 0.115 e. The summed E-state index contributed by atoms with van der Waals surface area (Å²) in [7, 11) is 0. The Morgan fingerprint density at radius 1 is 1.19 bits per heavy atom. The van der Waals surface area contributed by atoms with Crippen LogP contribution in [0.25, 0.3) is 16.7 Å². The molecule has 2 aromatic carbocycles. The Labute approximate surface area is 145 Å². The van der Waals surface area contributed by atoms with Gasteiger partial charge in [0.15, 0.2) is 0 Å². The molecule has 0 saturated carbocycles. The highest BCUT2D eigenvalue weighted by Gasteiger charge is 2.15. The maximum absolute atomic E-state index is 5.96.